The molecule has 3 rings (SSSR count). The first-order valence-corrected chi connectivity index (χ1v) is 7.01. The van der Waals surface area contributed by atoms with E-state index >= 15 is 0 Å². The number of nitrogens with zero attached hydrogens (tertiary/aromatic N) is 3. The molecule has 0 bridgehead atoms. The van der Waals surface area contributed by atoms with Crippen LogP contribution in [0.5, 0.6) is 5.88 Å². The molecule has 3 heterocycles. The van der Waals surface area contributed by atoms with E-state index in [0.717, 1.165) is 18.5 Å². The highest BCUT2D eigenvalue weighted by Crippen LogP contribution is 2.18. The number of thiophene rings is 1. The molecule has 5 nitrogen and oxygen atoms in total. The molecular weight excluding hydrogens is 262 g/mol. The van der Waals surface area contributed by atoms with Gasteiger partial charge in [0, 0.05) is 30.7 Å². The van der Waals surface area contributed by atoms with Crippen molar-refractivity contribution in [3.05, 3.63) is 41.0 Å². The van der Waals surface area contributed by atoms with Crippen molar-refractivity contribution < 1.29 is 9.53 Å². The van der Waals surface area contributed by atoms with E-state index in [4.69, 9.17) is 4.74 Å². The smallest absolute Gasteiger partial charge is 0.254 e. The van der Waals surface area contributed by atoms with E-state index in [2.05, 4.69) is 9.97 Å². The molecule has 0 radical (unpaired) electrons. The second-order valence-electron chi connectivity index (χ2n) is 4.34. The number of ether oxygens (including phenoxy) is 1. The fraction of sp³-hybridized carbons (Fsp3) is 0.308. The first kappa shape index (κ1) is 12.1. The summed E-state index contributed by atoms with van der Waals surface area (Å²) in [6, 6.07) is 1.85. The minimum Gasteiger partial charge on any atom is -0.471 e. The summed E-state index contributed by atoms with van der Waals surface area (Å²) in [5.74, 6) is 0.587. The molecule has 2 aromatic rings. The van der Waals surface area contributed by atoms with E-state index < -0.39 is 0 Å². The third-order valence-electron chi connectivity index (χ3n) is 3.03. The average molecular weight is 275 g/mol. The normalized spacial score (nSPS) is 18.5. The summed E-state index contributed by atoms with van der Waals surface area (Å²) in [4.78, 5) is 22.0. The van der Waals surface area contributed by atoms with E-state index in [9.17, 15) is 4.79 Å². The van der Waals surface area contributed by atoms with Crippen LogP contribution < -0.4 is 4.74 Å². The zero-order chi connectivity index (χ0) is 13.1. The van der Waals surface area contributed by atoms with Crippen molar-refractivity contribution in [2.75, 3.05) is 13.1 Å². The Balaban J connectivity index is 1.60. The standard InChI is InChI=1S/C13H13N3O2S/c17-13(10-2-6-19-9-10)16-5-1-11(8-16)18-12-7-14-3-4-15-12/h2-4,6-7,9,11H,1,5,8H2/t11-/m1/s1. The summed E-state index contributed by atoms with van der Waals surface area (Å²) < 4.78 is 5.71. The van der Waals surface area contributed by atoms with Crippen LogP contribution >= 0.6 is 11.3 Å². The Kier molecular flexibility index (Phi) is 3.41. The van der Waals surface area contributed by atoms with Crippen LogP contribution in [-0.2, 0) is 0 Å². The highest BCUT2D eigenvalue weighted by molar-refractivity contribution is 7.08. The molecule has 1 amide bonds. The number of rotatable bonds is 3. The predicted molar refractivity (Wildman–Crippen MR) is 71.3 cm³/mol. The molecule has 1 saturated heterocycles. The maximum atomic E-state index is 12.2. The van der Waals surface area contributed by atoms with Gasteiger partial charge in [-0.05, 0) is 11.4 Å². The SMILES string of the molecule is O=C(c1ccsc1)N1CC[C@@H](Oc2cnccn2)C1. The Morgan fingerprint density at radius 2 is 2.42 bits per heavy atom. The zero-order valence-electron chi connectivity index (χ0n) is 10.2. The number of hydrogen-bond acceptors (Lipinski definition) is 5. The third kappa shape index (κ3) is 2.73. The van der Waals surface area contributed by atoms with Gasteiger partial charge in [-0.25, -0.2) is 4.98 Å². The molecule has 0 aromatic carbocycles. The lowest BCUT2D eigenvalue weighted by Gasteiger charge is -2.16. The maximum absolute atomic E-state index is 12.2. The molecule has 6 heteroatoms. The van der Waals surface area contributed by atoms with Gasteiger partial charge in [0.1, 0.15) is 6.10 Å². The molecular formula is C13H13N3O2S. The van der Waals surface area contributed by atoms with Crippen molar-refractivity contribution in [2.24, 2.45) is 0 Å². The predicted octanol–water partition coefficient (Wildman–Crippen LogP) is 1.83. The first-order chi connectivity index (χ1) is 9.33. The summed E-state index contributed by atoms with van der Waals surface area (Å²) in [7, 11) is 0. The molecule has 0 unspecified atom stereocenters. The summed E-state index contributed by atoms with van der Waals surface area (Å²) in [5.41, 5.74) is 0.755. The van der Waals surface area contributed by atoms with E-state index in [1.54, 1.807) is 18.6 Å². The van der Waals surface area contributed by atoms with Crippen molar-refractivity contribution in [3.8, 4) is 5.88 Å². The first-order valence-electron chi connectivity index (χ1n) is 6.07. The van der Waals surface area contributed by atoms with Crippen LogP contribution in [0.2, 0.25) is 0 Å². The van der Waals surface area contributed by atoms with Crippen LogP contribution in [-0.4, -0.2) is 40.0 Å². The zero-order valence-corrected chi connectivity index (χ0v) is 11.0. The molecule has 0 spiro atoms. The van der Waals surface area contributed by atoms with E-state index in [0.29, 0.717) is 12.4 Å². The van der Waals surface area contributed by atoms with E-state index in [-0.39, 0.29) is 12.0 Å². The van der Waals surface area contributed by atoms with Gasteiger partial charge < -0.3 is 9.64 Å². The van der Waals surface area contributed by atoms with Crippen LogP contribution in [0.1, 0.15) is 16.8 Å². The van der Waals surface area contributed by atoms with Crippen molar-refractivity contribution >= 4 is 17.2 Å². The summed E-state index contributed by atoms with van der Waals surface area (Å²) >= 11 is 1.53. The van der Waals surface area contributed by atoms with Gasteiger partial charge >= 0.3 is 0 Å². The van der Waals surface area contributed by atoms with Crippen LogP contribution in [0, 0.1) is 0 Å². The van der Waals surface area contributed by atoms with Gasteiger partial charge in [-0.3, -0.25) is 9.78 Å². The topological polar surface area (TPSA) is 55.3 Å². The van der Waals surface area contributed by atoms with Crippen LogP contribution in [0.15, 0.2) is 35.4 Å². The molecule has 19 heavy (non-hydrogen) atoms. The largest absolute Gasteiger partial charge is 0.471 e. The number of likely N-dealkylation sites (tertiary alicyclic amines) is 1. The van der Waals surface area contributed by atoms with Gasteiger partial charge in [-0.15, -0.1) is 0 Å². The molecule has 1 aliphatic heterocycles. The Morgan fingerprint density at radius 3 is 3.16 bits per heavy atom. The third-order valence-corrected chi connectivity index (χ3v) is 3.71. The lowest BCUT2D eigenvalue weighted by molar-refractivity contribution is 0.0771. The molecule has 1 aliphatic rings. The molecule has 2 aromatic heterocycles. The van der Waals surface area contributed by atoms with Crippen LogP contribution in [0.3, 0.4) is 0 Å². The molecule has 0 saturated carbocycles. The van der Waals surface area contributed by atoms with E-state index in [1.807, 2.05) is 21.7 Å². The van der Waals surface area contributed by atoms with E-state index in [1.165, 1.54) is 11.3 Å². The Hall–Kier alpha value is -1.95. The second-order valence-corrected chi connectivity index (χ2v) is 5.12. The summed E-state index contributed by atoms with van der Waals surface area (Å²) in [6.45, 7) is 1.32. The van der Waals surface area contributed by atoms with Crippen molar-refractivity contribution in [1.82, 2.24) is 14.9 Å². The number of carbonyl (C=O) groups is 1. The Morgan fingerprint density at radius 1 is 1.47 bits per heavy atom. The van der Waals surface area contributed by atoms with Gasteiger partial charge in [0.15, 0.2) is 0 Å². The molecule has 0 N–H and O–H groups in total. The van der Waals surface area contributed by atoms with Crippen molar-refractivity contribution in [2.45, 2.75) is 12.5 Å². The minimum atomic E-state index is -0.000661. The fourth-order valence-corrected chi connectivity index (χ4v) is 2.72. The molecule has 0 aliphatic carbocycles. The second kappa shape index (κ2) is 5.36. The Bertz CT molecular complexity index is 544. The fourth-order valence-electron chi connectivity index (χ4n) is 2.09. The van der Waals surface area contributed by atoms with Gasteiger partial charge in [-0.1, -0.05) is 0 Å². The maximum Gasteiger partial charge on any atom is 0.254 e. The monoisotopic (exact) mass is 275 g/mol. The number of aromatic nitrogens is 2. The number of carbonyl (C=O) groups excluding carboxylic acids is 1. The minimum absolute atomic E-state index is 0.000661. The van der Waals surface area contributed by atoms with Crippen molar-refractivity contribution in [1.29, 1.82) is 0 Å². The molecule has 1 fully saturated rings. The highest BCUT2D eigenvalue weighted by atomic mass is 32.1. The molecule has 1 atom stereocenters. The molecule has 98 valence electrons. The van der Waals surface area contributed by atoms with Crippen LogP contribution in [0.25, 0.3) is 0 Å². The summed E-state index contributed by atoms with van der Waals surface area (Å²) in [6.07, 6.45) is 5.61. The quantitative estimate of drug-likeness (QED) is 0.857. The van der Waals surface area contributed by atoms with Gasteiger partial charge in [0.25, 0.3) is 5.91 Å². The van der Waals surface area contributed by atoms with Gasteiger partial charge in [0.2, 0.25) is 5.88 Å². The Labute approximate surface area is 114 Å². The van der Waals surface area contributed by atoms with Crippen molar-refractivity contribution in [3.63, 3.8) is 0 Å². The van der Waals surface area contributed by atoms with Gasteiger partial charge in [-0.2, -0.15) is 11.3 Å². The number of amides is 1. The number of hydrogen-bond donors (Lipinski definition) is 0. The highest BCUT2D eigenvalue weighted by Gasteiger charge is 2.28. The lowest BCUT2D eigenvalue weighted by Crippen LogP contribution is -2.30. The average Bonchev–Trinajstić information content (AvgIpc) is 3.10. The lowest BCUT2D eigenvalue weighted by atomic mass is 10.3. The van der Waals surface area contributed by atoms with Crippen LogP contribution in [0.4, 0.5) is 0 Å². The van der Waals surface area contributed by atoms with Gasteiger partial charge in [0.05, 0.1) is 18.3 Å². The summed E-state index contributed by atoms with van der Waals surface area (Å²) in [5, 5.41) is 3.79.